The van der Waals surface area contributed by atoms with Gasteiger partial charge in [-0.05, 0) is 52.7 Å². The lowest BCUT2D eigenvalue weighted by Gasteiger charge is -2.27. The van der Waals surface area contributed by atoms with E-state index in [4.69, 9.17) is 19.2 Å². The third-order valence-corrected chi connectivity index (χ3v) is 8.41. The summed E-state index contributed by atoms with van der Waals surface area (Å²) in [6, 6.07) is 4.85. The van der Waals surface area contributed by atoms with E-state index in [-0.39, 0.29) is 13.0 Å². The zero-order chi connectivity index (χ0) is 37.3. The molecule has 2 aromatic heterocycles. The Bertz CT molecular complexity index is 1730. The molecule has 0 bridgehead atoms. The fourth-order valence-electron chi connectivity index (χ4n) is 5.82. The van der Waals surface area contributed by atoms with E-state index in [0.717, 1.165) is 31.4 Å². The molecule has 3 amide bonds. The van der Waals surface area contributed by atoms with Crippen LogP contribution in [0.5, 0.6) is 11.5 Å². The van der Waals surface area contributed by atoms with Crippen LogP contribution in [-0.4, -0.2) is 92.4 Å². The van der Waals surface area contributed by atoms with Crippen LogP contribution in [0.25, 0.3) is 16.7 Å². The van der Waals surface area contributed by atoms with Gasteiger partial charge in [0.25, 0.3) is 0 Å². The second-order valence-corrected chi connectivity index (χ2v) is 13.8. The first-order valence-corrected chi connectivity index (χ1v) is 17.3. The first kappa shape index (κ1) is 38.7. The third kappa shape index (κ3) is 10.7. The van der Waals surface area contributed by atoms with Gasteiger partial charge in [0, 0.05) is 36.1 Å². The van der Waals surface area contributed by atoms with Crippen LogP contribution >= 0.6 is 0 Å². The van der Waals surface area contributed by atoms with E-state index in [2.05, 4.69) is 22.5 Å². The first-order chi connectivity index (χ1) is 24.2. The van der Waals surface area contributed by atoms with Crippen LogP contribution in [0.2, 0.25) is 0 Å². The van der Waals surface area contributed by atoms with E-state index in [0.29, 0.717) is 28.2 Å². The van der Waals surface area contributed by atoms with Gasteiger partial charge in [-0.3, -0.25) is 14.2 Å². The van der Waals surface area contributed by atoms with Crippen LogP contribution in [0, 0.1) is 12.8 Å². The number of nitrogens with zero attached hydrogens (tertiary/aromatic N) is 4. The summed E-state index contributed by atoms with van der Waals surface area (Å²) in [6.45, 7) is 10.4. The number of carbonyl (C=O) groups excluding carboxylic acids is 3. The quantitative estimate of drug-likeness (QED) is 0.145. The SMILES string of the molecule is CCCCC/C=C\C(C)C(NC(=O)C1CC(Oc2cc(-n3cnc(C)c3)nc3cc(OC)ccc23)CN1C(=O)CNC(=O)OC(C)(C)C)C(=O)O. The van der Waals surface area contributed by atoms with Crippen molar-refractivity contribution in [1.82, 2.24) is 30.1 Å². The number of carboxylic acids is 1. The number of aryl methyl sites for hydroxylation is 1. The highest BCUT2D eigenvalue weighted by Gasteiger charge is 2.42. The Morgan fingerprint density at radius 3 is 2.57 bits per heavy atom. The number of rotatable bonds is 15. The van der Waals surface area contributed by atoms with Crippen LogP contribution in [0.15, 0.2) is 48.9 Å². The monoisotopic (exact) mass is 706 g/mol. The van der Waals surface area contributed by atoms with E-state index >= 15 is 0 Å². The number of alkyl carbamates (subject to hydrolysis) is 1. The fourth-order valence-corrected chi connectivity index (χ4v) is 5.82. The topological polar surface area (TPSA) is 174 Å². The Kier molecular flexibility index (Phi) is 13.0. The van der Waals surface area contributed by atoms with Gasteiger partial charge < -0.3 is 34.9 Å². The highest BCUT2D eigenvalue weighted by Crippen LogP contribution is 2.33. The van der Waals surface area contributed by atoms with Crippen molar-refractivity contribution in [2.75, 3.05) is 20.2 Å². The minimum atomic E-state index is -1.22. The molecule has 0 saturated carbocycles. The van der Waals surface area contributed by atoms with E-state index in [1.54, 1.807) is 70.0 Å². The highest BCUT2D eigenvalue weighted by atomic mass is 16.6. The summed E-state index contributed by atoms with van der Waals surface area (Å²) >= 11 is 0. The molecule has 1 aliphatic heterocycles. The largest absolute Gasteiger partial charge is 0.497 e. The predicted molar refractivity (Wildman–Crippen MR) is 191 cm³/mol. The molecule has 0 radical (unpaired) electrons. The Labute approximate surface area is 298 Å². The van der Waals surface area contributed by atoms with Gasteiger partial charge in [-0.2, -0.15) is 0 Å². The molecule has 1 aromatic carbocycles. The number of carbonyl (C=O) groups is 4. The van der Waals surface area contributed by atoms with Crippen molar-refractivity contribution >= 4 is 34.8 Å². The number of aromatic nitrogens is 3. The number of hydrogen-bond donors (Lipinski definition) is 3. The molecular formula is C37H50N6O8. The highest BCUT2D eigenvalue weighted by molar-refractivity contribution is 5.92. The van der Waals surface area contributed by atoms with Crippen molar-refractivity contribution in [2.24, 2.45) is 5.92 Å². The number of ether oxygens (including phenoxy) is 3. The Balaban J connectivity index is 1.61. The van der Waals surface area contributed by atoms with Gasteiger partial charge in [0.1, 0.15) is 54.0 Å². The molecule has 4 rings (SSSR count). The molecule has 276 valence electrons. The lowest BCUT2D eigenvalue weighted by Crippen LogP contribution is -2.53. The number of fused-ring (bicyclic) bond motifs is 1. The van der Waals surface area contributed by atoms with Crippen LogP contribution < -0.4 is 20.1 Å². The van der Waals surface area contributed by atoms with Crippen molar-refractivity contribution in [3.05, 3.63) is 54.6 Å². The summed E-state index contributed by atoms with van der Waals surface area (Å²) in [6.07, 6.45) is 9.76. The minimum Gasteiger partial charge on any atom is -0.497 e. The molecule has 3 N–H and O–H groups in total. The summed E-state index contributed by atoms with van der Waals surface area (Å²) in [5.41, 5.74) is 0.613. The number of aliphatic carboxylic acids is 1. The first-order valence-electron chi connectivity index (χ1n) is 17.3. The number of pyridine rings is 1. The van der Waals surface area contributed by atoms with Gasteiger partial charge in [-0.1, -0.05) is 38.8 Å². The standard InChI is InChI=1S/C37H50N6O8/c1-8-9-10-11-12-13-23(2)33(35(46)47)41-34(45)29-17-26(21-43(29)32(44)19-38-36(48)51-37(4,5)6)50-30-18-31(42-20-24(3)39-22-42)40-28-16-25(49-7)14-15-27(28)30/h12-16,18,20,22-23,26,29,33H,8-11,17,19,21H2,1-7H3,(H,38,48)(H,41,45)(H,46,47)/b13-12-. The molecule has 0 aliphatic carbocycles. The number of hydrogen-bond acceptors (Lipinski definition) is 9. The van der Waals surface area contributed by atoms with Crippen molar-refractivity contribution in [2.45, 2.75) is 97.4 Å². The molecule has 1 aliphatic rings. The van der Waals surface area contributed by atoms with Gasteiger partial charge in [-0.25, -0.2) is 19.6 Å². The molecule has 51 heavy (non-hydrogen) atoms. The maximum absolute atomic E-state index is 13.8. The molecular weight excluding hydrogens is 656 g/mol. The third-order valence-electron chi connectivity index (χ3n) is 8.41. The number of unbranched alkanes of at least 4 members (excludes halogenated alkanes) is 3. The Hall–Kier alpha value is -5.14. The number of carboxylic acid groups (broad SMARTS) is 1. The molecule has 14 nitrogen and oxygen atoms in total. The fraction of sp³-hybridized carbons (Fsp3) is 0.514. The summed E-state index contributed by atoms with van der Waals surface area (Å²) in [7, 11) is 1.56. The zero-order valence-electron chi connectivity index (χ0n) is 30.5. The van der Waals surface area contributed by atoms with E-state index in [1.807, 2.05) is 25.3 Å². The number of likely N-dealkylation sites (tertiary alicyclic amines) is 1. The molecule has 14 heteroatoms. The van der Waals surface area contributed by atoms with E-state index < -0.39 is 60.1 Å². The van der Waals surface area contributed by atoms with E-state index in [1.165, 1.54) is 4.90 Å². The number of methoxy groups -OCH3 is 1. The number of imidazole rings is 1. The van der Waals surface area contributed by atoms with E-state index in [9.17, 15) is 24.3 Å². The van der Waals surface area contributed by atoms with Crippen LogP contribution in [-0.2, 0) is 19.1 Å². The number of allylic oxidation sites excluding steroid dienone is 1. The summed E-state index contributed by atoms with van der Waals surface area (Å²) < 4.78 is 19.0. The smallest absolute Gasteiger partial charge is 0.408 e. The second-order valence-electron chi connectivity index (χ2n) is 13.8. The average Bonchev–Trinajstić information content (AvgIpc) is 3.71. The summed E-state index contributed by atoms with van der Waals surface area (Å²) in [5.74, 6) is -1.29. The van der Waals surface area contributed by atoms with Crippen molar-refractivity contribution < 1.29 is 38.5 Å². The minimum absolute atomic E-state index is 0.00295. The maximum Gasteiger partial charge on any atom is 0.408 e. The Morgan fingerprint density at radius 2 is 1.92 bits per heavy atom. The lowest BCUT2D eigenvalue weighted by atomic mass is 10.00. The van der Waals surface area contributed by atoms with Crippen LogP contribution in [0.1, 0.15) is 72.4 Å². The lowest BCUT2D eigenvalue weighted by molar-refractivity contribution is -0.144. The van der Waals surface area contributed by atoms with Crippen molar-refractivity contribution in [3.63, 3.8) is 0 Å². The van der Waals surface area contributed by atoms with Gasteiger partial charge in [-0.15, -0.1) is 0 Å². The summed E-state index contributed by atoms with van der Waals surface area (Å²) in [4.78, 5) is 62.5. The maximum atomic E-state index is 13.8. The van der Waals surface area contributed by atoms with Crippen molar-refractivity contribution in [1.29, 1.82) is 0 Å². The predicted octanol–water partition coefficient (Wildman–Crippen LogP) is 4.95. The van der Waals surface area contributed by atoms with Gasteiger partial charge >= 0.3 is 12.1 Å². The van der Waals surface area contributed by atoms with Gasteiger partial charge in [0.2, 0.25) is 11.8 Å². The van der Waals surface area contributed by atoms with Crippen LogP contribution in [0.3, 0.4) is 0 Å². The molecule has 3 aromatic rings. The second kappa shape index (κ2) is 17.2. The van der Waals surface area contributed by atoms with Gasteiger partial charge in [0.15, 0.2) is 0 Å². The van der Waals surface area contributed by atoms with Crippen molar-refractivity contribution in [3.8, 4) is 17.3 Å². The van der Waals surface area contributed by atoms with Crippen LogP contribution in [0.4, 0.5) is 4.79 Å². The molecule has 1 saturated heterocycles. The normalized spacial score (nSPS) is 17.3. The molecule has 4 unspecified atom stereocenters. The zero-order valence-corrected chi connectivity index (χ0v) is 30.5. The number of nitrogens with one attached hydrogen (secondary N) is 2. The summed E-state index contributed by atoms with van der Waals surface area (Å²) in [5, 5.41) is 15.9. The van der Waals surface area contributed by atoms with Gasteiger partial charge in [0.05, 0.1) is 24.9 Å². The number of benzene rings is 1. The number of amides is 3. The Morgan fingerprint density at radius 1 is 1.16 bits per heavy atom. The molecule has 1 fully saturated rings. The molecule has 4 atom stereocenters. The molecule has 3 heterocycles. The molecule has 0 spiro atoms. The average molecular weight is 707 g/mol.